The number of unbranched alkanes of at least 4 members (excludes halogenated alkanes) is 1. The van der Waals surface area contributed by atoms with E-state index >= 15 is 0 Å². The van der Waals surface area contributed by atoms with E-state index in [0.29, 0.717) is 12.1 Å². The summed E-state index contributed by atoms with van der Waals surface area (Å²) < 4.78 is 6.64. The van der Waals surface area contributed by atoms with Gasteiger partial charge in [-0.1, -0.05) is 28.1 Å². The highest BCUT2D eigenvalue weighted by atomic mass is 79.9. The van der Waals surface area contributed by atoms with Gasteiger partial charge < -0.3 is 10.1 Å². The summed E-state index contributed by atoms with van der Waals surface area (Å²) in [5.41, 5.74) is 1.33. The molecule has 0 heterocycles. The van der Waals surface area contributed by atoms with Crippen LogP contribution in [0.3, 0.4) is 0 Å². The van der Waals surface area contributed by atoms with Gasteiger partial charge in [0.2, 0.25) is 0 Å². The largest absolute Gasteiger partial charge is 0.379 e. The van der Waals surface area contributed by atoms with Gasteiger partial charge in [-0.2, -0.15) is 0 Å². The van der Waals surface area contributed by atoms with Crippen molar-refractivity contribution in [2.24, 2.45) is 0 Å². The van der Waals surface area contributed by atoms with Gasteiger partial charge in [0, 0.05) is 17.1 Å². The van der Waals surface area contributed by atoms with Crippen molar-refractivity contribution in [1.82, 2.24) is 5.32 Å². The van der Waals surface area contributed by atoms with Crippen molar-refractivity contribution in [2.45, 2.75) is 45.8 Å². The fourth-order valence-electron chi connectivity index (χ4n) is 1.73. The van der Waals surface area contributed by atoms with Crippen LogP contribution in [0.15, 0.2) is 28.7 Å². The number of hydrogen-bond acceptors (Lipinski definition) is 2. The van der Waals surface area contributed by atoms with Crippen molar-refractivity contribution in [3.05, 3.63) is 34.3 Å². The van der Waals surface area contributed by atoms with Gasteiger partial charge in [-0.05, 0) is 57.9 Å². The van der Waals surface area contributed by atoms with Crippen LogP contribution in [0.4, 0.5) is 0 Å². The molecule has 0 radical (unpaired) electrons. The van der Waals surface area contributed by atoms with Crippen molar-refractivity contribution in [1.29, 1.82) is 0 Å². The molecular weight excluding hydrogens is 290 g/mol. The number of benzene rings is 1. The molecule has 0 saturated heterocycles. The van der Waals surface area contributed by atoms with Gasteiger partial charge >= 0.3 is 0 Å². The minimum atomic E-state index is 0.347. The summed E-state index contributed by atoms with van der Waals surface area (Å²) in [6.07, 6.45) is 2.63. The molecule has 18 heavy (non-hydrogen) atoms. The van der Waals surface area contributed by atoms with Crippen LogP contribution in [0.25, 0.3) is 0 Å². The maximum Gasteiger partial charge on any atom is 0.0518 e. The lowest BCUT2D eigenvalue weighted by atomic mass is 10.1. The number of nitrogens with one attached hydrogen (secondary N) is 1. The quantitative estimate of drug-likeness (QED) is 0.722. The second-order valence-corrected chi connectivity index (χ2v) is 5.77. The predicted molar refractivity (Wildman–Crippen MR) is 80.9 cm³/mol. The second-order valence-electron chi connectivity index (χ2n) is 4.85. The lowest BCUT2D eigenvalue weighted by Crippen LogP contribution is -2.20. The summed E-state index contributed by atoms with van der Waals surface area (Å²) in [4.78, 5) is 0. The molecule has 0 aliphatic heterocycles. The van der Waals surface area contributed by atoms with Gasteiger partial charge in [0.15, 0.2) is 0 Å². The summed E-state index contributed by atoms with van der Waals surface area (Å²) in [7, 11) is 0. The first kappa shape index (κ1) is 15.7. The van der Waals surface area contributed by atoms with Gasteiger partial charge in [0.1, 0.15) is 0 Å². The minimum Gasteiger partial charge on any atom is -0.379 e. The first-order valence-corrected chi connectivity index (χ1v) is 7.49. The van der Waals surface area contributed by atoms with Crippen LogP contribution >= 0.6 is 15.9 Å². The lowest BCUT2D eigenvalue weighted by molar-refractivity contribution is 0.0759. The van der Waals surface area contributed by atoms with Crippen molar-refractivity contribution < 1.29 is 4.74 Å². The first-order chi connectivity index (χ1) is 8.59. The van der Waals surface area contributed by atoms with E-state index in [1.807, 2.05) is 0 Å². The topological polar surface area (TPSA) is 21.3 Å². The summed E-state index contributed by atoms with van der Waals surface area (Å²) in [5, 5.41) is 3.54. The van der Waals surface area contributed by atoms with Crippen molar-refractivity contribution >= 4 is 15.9 Å². The predicted octanol–water partition coefficient (Wildman–Crippen LogP) is 4.30. The third-order valence-corrected chi connectivity index (χ3v) is 3.37. The smallest absolute Gasteiger partial charge is 0.0518 e. The van der Waals surface area contributed by atoms with E-state index in [0.717, 1.165) is 30.5 Å². The van der Waals surface area contributed by atoms with Crippen LogP contribution in [0.2, 0.25) is 0 Å². The van der Waals surface area contributed by atoms with E-state index in [2.05, 4.69) is 66.3 Å². The standard InChI is InChI=1S/C15H24BrNO/c1-12(2)18-11-5-4-10-17-13(3)14-6-8-15(16)9-7-14/h6-9,12-13,17H,4-5,10-11H2,1-3H3. The molecule has 1 atom stereocenters. The Morgan fingerprint density at radius 1 is 1.11 bits per heavy atom. The molecule has 0 fully saturated rings. The van der Waals surface area contributed by atoms with Crippen LogP contribution in [0.1, 0.15) is 45.2 Å². The maximum absolute atomic E-state index is 5.51. The van der Waals surface area contributed by atoms with E-state index in [1.165, 1.54) is 5.56 Å². The fraction of sp³-hybridized carbons (Fsp3) is 0.600. The fourth-order valence-corrected chi connectivity index (χ4v) is 2.00. The van der Waals surface area contributed by atoms with Crippen LogP contribution in [-0.4, -0.2) is 19.3 Å². The first-order valence-electron chi connectivity index (χ1n) is 6.70. The minimum absolute atomic E-state index is 0.347. The van der Waals surface area contributed by atoms with E-state index in [1.54, 1.807) is 0 Å². The Balaban J connectivity index is 2.13. The summed E-state index contributed by atoms with van der Waals surface area (Å²) >= 11 is 3.45. The van der Waals surface area contributed by atoms with Crippen LogP contribution in [-0.2, 0) is 4.74 Å². The van der Waals surface area contributed by atoms with Gasteiger partial charge in [-0.3, -0.25) is 0 Å². The van der Waals surface area contributed by atoms with Crippen molar-refractivity contribution in [2.75, 3.05) is 13.2 Å². The molecule has 0 amide bonds. The Labute approximate surface area is 119 Å². The van der Waals surface area contributed by atoms with E-state index < -0.39 is 0 Å². The SMILES string of the molecule is CC(C)OCCCCNC(C)c1ccc(Br)cc1. The lowest BCUT2D eigenvalue weighted by Gasteiger charge is -2.14. The molecule has 0 aromatic heterocycles. The Hall–Kier alpha value is -0.380. The van der Waals surface area contributed by atoms with Crippen molar-refractivity contribution in [3.63, 3.8) is 0 Å². The number of hydrogen-bond donors (Lipinski definition) is 1. The number of ether oxygens (including phenoxy) is 1. The zero-order valence-electron chi connectivity index (χ0n) is 11.6. The molecule has 0 spiro atoms. The van der Waals surface area contributed by atoms with Gasteiger partial charge in [-0.15, -0.1) is 0 Å². The molecule has 0 saturated carbocycles. The molecule has 1 aromatic rings. The van der Waals surface area contributed by atoms with Gasteiger partial charge in [-0.25, -0.2) is 0 Å². The maximum atomic E-state index is 5.51. The van der Waals surface area contributed by atoms with Crippen LogP contribution in [0, 0.1) is 0 Å². The number of halogens is 1. The molecule has 1 N–H and O–H groups in total. The molecule has 2 nitrogen and oxygen atoms in total. The molecule has 102 valence electrons. The Morgan fingerprint density at radius 3 is 2.39 bits per heavy atom. The summed E-state index contributed by atoms with van der Waals surface area (Å²) in [5.74, 6) is 0. The third kappa shape index (κ3) is 6.53. The van der Waals surface area contributed by atoms with Crippen LogP contribution < -0.4 is 5.32 Å². The number of rotatable bonds is 8. The molecule has 0 aliphatic rings. The van der Waals surface area contributed by atoms with Crippen LogP contribution in [0.5, 0.6) is 0 Å². The molecule has 1 rings (SSSR count). The van der Waals surface area contributed by atoms with E-state index in [9.17, 15) is 0 Å². The summed E-state index contributed by atoms with van der Waals surface area (Å²) in [6, 6.07) is 8.89. The molecule has 1 unspecified atom stereocenters. The van der Waals surface area contributed by atoms with E-state index in [4.69, 9.17) is 4.74 Å². The monoisotopic (exact) mass is 313 g/mol. The highest BCUT2D eigenvalue weighted by Crippen LogP contribution is 2.16. The van der Waals surface area contributed by atoms with E-state index in [-0.39, 0.29) is 0 Å². The van der Waals surface area contributed by atoms with Gasteiger partial charge in [0.05, 0.1) is 6.10 Å². The highest BCUT2D eigenvalue weighted by molar-refractivity contribution is 9.10. The zero-order chi connectivity index (χ0) is 13.4. The molecule has 1 aromatic carbocycles. The highest BCUT2D eigenvalue weighted by Gasteiger charge is 2.03. The average molecular weight is 314 g/mol. The third-order valence-electron chi connectivity index (χ3n) is 2.84. The van der Waals surface area contributed by atoms with Crippen molar-refractivity contribution in [3.8, 4) is 0 Å². The Kier molecular flexibility index (Phi) is 7.56. The molecular formula is C15H24BrNO. The normalized spacial score (nSPS) is 12.9. The molecule has 0 bridgehead atoms. The Morgan fingerprint density at radius 2 is 1.78 bits per heavy atom. The Bertz CT molecular complexity index is 324. The molecule has 0 aliphatic carbocycles. The second kappa shape index (κ2) is 8.68. The zero-order valence-corrected chi connectivity index (χ0v) is 13.2. The summed E-state index contributed by atoms with van der Waals surface area (Å²) in [6.45, 7) is 8.26. The average Bonchev–Trinajstić information content (AvgIpc) is 2.34. The van der Waals surface area contributed by atoms with Gasteiger partial charge in [0.25, 0.3) is 0 Å². The molecule has 3 heteroatoms.